The summed E-state index contributed by atoms with van der Waals surface area (Å²) in [5.41, 5.74) is 3.43. The van der Waals surface area contributed by atoms with E-state index in [0.717, 1.165) is 41.3 Å². The van der Waals surface area contributed by atoms with Gasteiger partial charge < -0.3 is 14.6 Å². The second kappa shape index (κ2) is 9.25. The van der Waals surface area contributed by atoms with E-state index in [0.29, 0.717) is 13.2 Å². The highest BCUT2D eigenvalue weighted by Gasteiger charge is 2.13. The number of benzene rings is 1. The molecule has 0 atom stereocenters. The highest BCUT2D eigenvalue weighted by Crippen LogP contribution is 2.31. The van der Waals surface area contributed by atoms with Gasteiger partial charge in [-0.2, -0.15) is 0 Å². The van der Waals surface area contributed by atoms with E-state index < -0.39 is 0 Å². The Morgan fingerprint density at radius 2 is 2.04 bits per heavy atom. The van der Waals surface area contributed by atoms with Gasteiger partial charge >= 0.3 is 0 Å². The molecule has 0 saturated heterocycles. The first kappa shape index (κ1) is 18.2. The molecular formula is C19H26N2O3. The number of pyridine rings is 1. The molecule has 0 spiro atoms. The van der Waals surface area contributed by atoms with Crippen LogP contribution in [0, 0.1) is 6.92 Å². The lowest BCUT2D eigenvalue weighted by atomic mass is 10.1. The number of hydrogen-bond donors (Lipinski definition) is 1. The summed E-state index contributed by atoms with van der Waals surface area (Å²) in [5, 5.41) is 9.38. The van der Waals surface area contributed by atoms with Crippen molar-refractivity contribution in [2.45, 2.75) is 26.9 Å². The van der Waals surface area contributed by atoms with Crippen LogP contribution >= 0.6 is 0 Å². The summed E-state index contributed by atoms with van der Waals surface area (Å²) in [6.45, 7) is 6.80. The molecule has 1 aromatic heterocycles. The van der Waals surface area contributed by atoms with Gasteiger partial charge in [0.25, 0.3) is 0 Å². The first-order valence-corrected chi connectivity index (χ1v) is 8.20. The Hall–Kier alpha value is -2.11. The number of aromatic nitrogens is 1. The quantitative estimate of drug-likeness (QED) is 0.766. The van der Waals surface area contributed by atoms with Crippen LogP contribution in [0.15, 0.2) is 36.7 Å². The maximum absolute atomic E-state index is 9.38. The summed E-state index contributed by atoms with van der Waals surface area (Å²) < 4.78 is 11.1. The third-order valence-electron chi connectivity index (χ3n) is 3.86. The van der Waals surface area contributed by atoms with Crippen molar-refractivity contribution in [3.8, 4) is 11.5 Å². The zero-order valence-corrected chi connectivity index (χ0v) is 14.7. The van der Waals surface area contributed by atoms with Crippen LogP contribution in [0.3, 0.4) is 0 Å². The molecule has 2 aromatic rings. The number of aryl methyl sites for hydroxylation is 1. The molecule has 0 fully saturated rings. The number of hydrogen-bond acceptors (Lipinski definition) is 5. The Morgan fingerprint density at radius 3 is 2.67 bits per heavy atom. The summed E-state index contributed by atoms with van der Waals surface area (Å²) in [5.74, 6) is 1.50. The minimum Gasteiger partial charge on any atom is -0.493 e. The Labute approximate surface area is 143 Å². The van der Waals surface area contributed by atoms with Gasteiger partial charge in [0.1, 0.15) is 0 Å². The van der Waals surface area contributed by atoms with Crippen molar-refractivity contribution in [2.24, 2.45) is 0 Å². The van der Waals surface area contributed by atoms with Gasteiger partial charge in [0, 0.05) is 32.0 Å². The third-order valence-corrected chi connectivity index (χ3v) is 3.86. The predicted molar refractivity (Wildman–Crippen MR) is 94.3 cm³/mol. The number of rotatable bonds is 9. The molecule has 0 aliphatic rings. The van der Waals surface area contributed by atoms with Gasteiger partial charge in [-0.3, -0.25) is 9.88 Å². The van der Waals surface area contributed by atoms with Gasteiger partial charge in [0.2, 0.25) is 0 Å². The van der Waals surface area contributed by atoms with E-state index in [1.54, 1.807) is 13.3 Å². The fourth-order valence-electron chi connectivity index (χ4n) is 2.65. The van der Waals surface area contributed by atoms with E-state index in [2.05, 4.69) is 16.8 Å². The SMILES string of the molecule is CCOc1cc(CN(CCO)Cc2cccnc2)c(C)cc1OC. The van der Waals surface area contributed by atoms with Crippen molar-refractivity contribution in [2.75, 3.05) is 26.9 Å². The number of aliphatic hydroxyl groups is 1. The molecule has 0 unspecified atom stereocenters. The van der Waals surface area contributed by atoms with Crippen LogP contribution in [-0.2, 0) is 13.1 Å². The molecule has 130 valence electrons. The van der Waals surface area contributed by atoms with Gasteiger partial charge in [-0.05, 0) is 48.7 Å². The van der Waals surface area contributed by atoms with Gasteiger partial charge in [-0.25, -0.2) is 0 Å². The van der Waals surface area contributed by atoms with Crippen LogP contribution in [0.25, 0.3) is 0 Å². The molecule has 5 nitrogen and oxygen atoms in total. The lowest BCUT2D eigenvalue weighted by Crippen LogP contribution is -2.26. The van der Waals surface area contributed by atoms with Crippen molar-refractivity contribution >= 4 is 0 Å². The minimum atomic E-state index is 0.119. The lowest BCUT2D eigenvalue weighted by molar-refractivity contribution is 0.183. The highest BCUT2D eigenvalue weighted by atomic mass is 16.5. The van der Waals surface area contributed by atoms with Crippen LogP contribution < -0.4 is 9.47 Å². The second-order valence-corrected chi connectivity index (χ2v) is 5.66. The summed E-state index contributed by atoms with van der Waals surface area (Å²) in [4.78, 5) is 6.35. The van der Waals surface area contributed by atoms with E-state index in [1.165, 1.54) is 0 Å². The van der Waals surface area contributed by atoms with Crippen LogP contribution in [0.4, 0.5) is 0 Å². The predicted octanol–water partition coefficient (Wildman–Crippen LogP) is 2.79. The number of methoxy groups -OCH3 is 1. The van der Waals surface area contributed by atoms with Crippen LogP contribution in [0.1, 0.15) is 23.6 Å². The molecule has 2 rings (SSSR count). The Balaban J connectivity index is 2.20. The molecule has 0 bridgehead atoms. The molecule has 0 amide bonds. The van der Waals surface area contributed by atoms with Crippen molar-refractivity contribution < 1.29 is 14.6 Å². The zero-order valence-electron chi connectivity index (χ0n) is 14.7. The van der Waals surface area contributed by atoms with Crippen LogP contribution in [-0.4, -0.2) is 41.9 Å². The van der Waals surface area contributed by atoms with Crippen LogP contribution in [0.5, 0.6) is 11.5 Å². The molecule has 0 radical (unpaired) electrons. The molecule has 0 saturated carbocycles. The summed E-state index contributed by atoms with van der Waals surface area (Å²) >= 11 is 0. The van der Waals surface area contributed by atoms with Crippen molar-refractivity contribution in [3.63, 3.8) is 0 Å². The van der Waals surface area contributed by atoms with Crippen molar-refractivity contribution in [1.82, 2.24) is 9.88 Å². The van der Waals surface area contributed by atoms with E-state index >= 15 is 0 Å². The van der Waals surface area contributed by atoms with Gasteiger partial charge in [0.15, 0.2) is 11.5 Å². The zero-order chi connectivity index (χ0) is 17.4. The van der Waals surface area contributed by atoms with Gasteiger partial charge in [-0.15, -0.1) is 0 Å². The normalized spacial score (nSPS) is 10.9. The molecule has 1 N–H and O–H groups in total. The fraction of sp³-hybridized carbons (Fsp3) is 0.421. The Morgan fingerprint density at radius 1 is 1.21 bits per heavy atom. The number of ether oxygens (including phenoxy) is 2. The van der Waals surface area contributed by atoms with E-state index in [4.69, 9.17) is 9.47 Å². The second-order valence-electron chi connectivity index (χ2n) is 5.66. The molecule has 1 aromatic carbocycles. The summed E-state index contributed by atoms with van der Waals surface area (Å²) in [6.07, 6.45) is 3.62. The lowest BCUT2D eigenvalue weighted by Gasteiger charge is -2.23. The fourth-order valence-corrected chi connectivity index (χ4v) is 2.65. The average molecular weight is 330 g/mol. The van der Waals surface area contributed by atoms with Gasteiger partial charge in [-0.1, -0.05) is 6.07 Å². The van der Waals surface area contributed by atoms with Crippen LogP contribution in [0.2, 0.25) is 0 Å². The minimum absolute atomic E-state index is 0.119. The molecule has 24 heavy (non-hydrogen) atoms. The number of aliphatic hydroxyl groups excluding tert-OH is 1. The van der Waals surface area contributed by atoms with E-state index in [9.17, 15) is 5.11 Å². The maximum atomic E-state index is 9.38. The summed E-state index contributed by atoms with van der Waals surface area (Å²) in [6, 6.07) is 8.01. The molecule has 1 heterocycles. The molecule has 5 heteroatoms. The molecule has 0 aliphatic carbocycles. The smallest absolute Gasteiger partial charge is 0.161 e. The van der Waals surface area contributed by atoms with E-state index in [-0.39, 0.29) is 6.61 Å². The van der Waals surface area contributed by atoms with Gasteiger partial charge in [0.05, 0.1) is 20.3 Å². The first-order chi connectivity index (χ1) is 11.7. The first-order valence-electron chi connectivity index (χ1n) is 8.20. The molecular weight excluding hydrogens is 304 g/mol. The molecule has 0 aliphatic heterocycles. The topological polar surface area (TPSA) is 54.8 Å². The maximum Gasteiger partial charge on any atom is 0.161 e. The number of nitrogens with zero attached hydrogens (tertiary/aromatic N) is 2. The average Bonchev–Trinajstić information content (AvgIpc) is 2.59. The van der Waals surface area contributed by atoms with E-state index in [1.807, 2.05) is 37.4 Å². The van der Waals surface area contributed by atoms with Crippen molar-refractivity contribution in [3.05, 3.63) is 53.3 Å². The summed E-state index contributed by atoms with van der Waals surface area (Å²) in [7, 11) is 1.65. The largest absolute Gasteiger partial charge is 0.493 e. The third kappa shape index (κ3) is 4.94. The van der Waals surface area contributed by atoms with Crippen molar-refractivity contribution in [1.29, 1.82) is 0 Å². The Kier molecular flexibility index (Phi) is 7.03. The highest BCUT2D eigenvalue weighted by molar-refractivity contribution is 5.47. The standard InChI is InChI=1S/C19H26N2O3/c1-4-24-19-11-17(15(2)10-18(19)23-3)14-21(8-9-22)13-16-6-5-7-20-12-16/h5-7,10-12,22H,4,8-9,13-14H2,1-3H3. The monoisotopic (exact) mass is 330 g/mol. The Bertz CT molecular complexity index is 632.